The molecule has 0 aliphatic carbocycles. The number of halogens is 6. The molecule has 0 radical (unpaired) electrons. The number of alkyl halides is 3. The number of hydrogen-bond donors (Lipinski definition) is 0. The van der Waals surface area contributed by atoms with Gasteiger partial charge in [0.05, 0.1) is 12.7 Å². The normalized spacial score (nSPS) is 15.9. The Labute approximate surface area is 231 Å². The maximum Gasteiger partial charge on any atom is 0.416 e. The molecular formula is C26H27Cl3F3N3O2. The highest BCUT2D eigenvalue weighted by Gasteiger charge is 2.35. The van der Waals surface area contributed by atoms with Crippen LogP contribution in [-0.4, -0.2) is 53.5 Å². The average Bonchev–Trinajstić information content (AvgIpc) is 2.85. The summed E-state index contributed by atoms with van der Waals surface area (Å²) < 4.78 is 45.4. The van der Waals surface area contributed by atoms with Crippen LogP contribution < -0.4 is 4.74 Å². The molecule has 200 valence electrons. The molecule has 2 aromatic carbocycles. The number of benzene rings is 2. The maximum atomic E-state index is 13.5. The molecule has 1 aliphatic heterocycles. The van der Waals surface area contributed by atoms with Gasteiger partial charge < -0.3 is 9.64 Å². The molecule has 1 amide bonds. The van der Waals surface area contributed by atoms with E-state index in [2.05, 4.69) is 9.88 Å². The molecule has 0 saturated carbocycles. The predicted molar refractivity (Wildman–Crippen MR) is 142 cm³/mol. The number of piperazine rings is 1. The van der Waals surface area contributed by atoms with E-state index in [1.54, 1.807) is 29.4 Å². The first kappa shape index (κ1) is 30.7. The first-order valence-electron chi connectivity index (χ1n) is 11.2. The Kier molecular flexibility index (Phi) is 11.1. The zero-order valence-electron chi connectivity index (χ0n) is 20.0. The monoisotopic (exact) mass is 575 g/mol. The van der Waals surface area contributed by atoms with Gasteiger partial charge in [0.25, 0.3) is 5.91 Å². The standard InChI is InChI=1S/C26H25ClF3N3O2.2ClH/c1-35-24-13-20(12-21(14-24)26(28,29)30)25(34)33-10-9-32(16-19-3-2-8-31-15-19)17-23(33)11-18-4-6-22(27)7-5-18;;/h2-8,12-15,23H,9-11,16-17H2,1H3;2*1H/t23-;;/m1../s1. The Morgan fingerprint density at radius 3 is 2.43 bits per heavy atom. The van der Waals surface area contributed by atoms with Crippen molar-refractivity contribution in [3.05, 3.63) is 94.3 Å². The minimum Gasteiger partial charge on any atom is -0.497 e. The molecule has 1 atom stereocenters. The first-order valence-corrected chi connectivity index (χ1v) is 11.5. The van der Waals surface area contributed by atoms with E-state index in [9.17, 15) is 18.0 Å². The molecule has 2 heterocycles. The number of carbonyl (C=O) groups is 1. The highest BCUT2D eigenvalue weighted by molar-refractivity contribution is 6.30. The Bertz CT molecular complexity index is 1170. The zero-order valence-corrected chi connectivity index (χ0v) is 22.3. The molecule has 4 rings (SSSR count). The van der Waals surface area contributed by atoms with Crippen molar-refractivity contribution in [2.45, 2.75) is 25.2 Å². The molecule has 0 spiro atoms. The smallest absolute Gasteiger partial charge is 0.416 e. The number of rotatable bonds is 6. The van der Waals surface area contributed by atoms with Crippen LogP contribution in [0.1, 0.15) is 27.0 Å². The lowest BCUT2D eigenvalue weighted by molar-refractivity contribution is -0.137. The van der Waals surface area contributed by atoms with E-state index in [0.717, 1.165) is 23.3 Å². The van der Waals surface area contributed by atoms with Crippen LogP contribution in [0.5, 0.6) is 5.75 Å². The second-order valence-electron chi connectivity index (χ2n) is 8.53. The molecule has 5 nitrogen and oxygen atoms in total. The number of pyridine rings is 1. The van der Waals surface area contributed by atoms with Gasteiger partial charge in [0.1, 0.15) is 5.75 Å². The Balaban J connectivity index is 0.00000241. The fourth-order valence-electron chi connectivity index (χ4n) is 4.32. The van der Waals surface area contributed by atoms with E-state index in [-0.39, 0.29) is 42.2 Å². The highest BCUT2D eigenvalue weighted by Crippen LogP contribution is 2.33. The number of methoxy groups -OCH3 is 1. The van der Waals surface area contributed by atoms with Crippen molar-refractivity contribution in [1.29, 1.82) is 0 Å². The van der Waals surface area contributed by atoms with Crippen LogP contribution in [0, 0.1) is 0 Å². The summed E-state index contributed by atoms with van der Waals surface area (Å²) in [5.74, 6) is -0.456. The van der Waals surface area contributed by atoms with E-state index in [1.807, 2.05) is 24.3 Å². The van der Waals surface area contributed by atoms with Gasteiger partial charge in [-0.05, 0) is 53.9 Å². The minimum atomic E-state index is -4.59. The van der Waals surface area contributed by atoms with E-state index >= 15 is 0 Å². The van der Waals surface area contributed by atoms with Crippen LogP contribution in [-0.2, 0) is 19.1 Å². The number of nitrogens with zero attached hydrogens (tertiary/aromatic N) is 3. The first-order chi connectivity index (χ1) is 16.7. The quantitative estimate of drug-likeness (QED) is 0.352. The van der Waals surface area contributed by atoms with Crippen LogP contribution in [0.2, 0.25) is 5.02 Å². The van der Waals surface area contributed by atoms with Gasteiger partial charge >= 0.3 is 6.18 Å². The number of carbonyl (C=O) groups excluding carboxylic acids is 1. The maximum absolute atomic E-state index is 13.5. The average molecular weight is 577 g/mol. The van der Waals surface area contributed by atoms with Crippen LogP contribution in [0.3, 0.4) is 0 Å². The van der Waals surface area contributed by atoms with E-state index in [0.29, 0.717) is 37.6 Å². The lowest BCUT2D eigenvalue weighted by Gasteiger charge is -2.42. The van der Waals surface area contributed by atoms with Gasteiger partial charge in [-0.25, -0.2) is 0 Å². The number of amides is 1. The molecule has 0 unspecified atom stereocenters. The van der Waals surface area contributed by atoms with Gasteiger partial charge in [0.15, 0.2) is 0 Å². The second-order valence-corrected chi connectivity index (χ2v) is 8.96. The molecule has 37 heavy (non-hydrogen) atoms. The van der Waals surface area contributed by atoms with Crippen molar-refractivity contribution in [2.75, 3.05) is 26.7 Å². The predicted octanol–water partition coefficient (Wildman–Crippen LogP) is 6.18. The van der Waals surface area contributed by atoms with Gasteiger partial charge in [-0.2, -0.15) is 13.2 Å². The molecular weight excluding hydrogens is 550 g/mol. The second kappa shape index (κ2) is 13.3. The molecule has 0 N–H and O–H groups in total. The van der Waals surface area contributed by atoms with Crippen LogP contribution in [0.25, 0.3) is 0 Å². The van der Waals surface area contributed by atoms with Crippen molar-refractivity contribution >= 4 is 42.3 Å². The Morgan fingerprint density at radius 2 is 1.81 bits per heavy atom. The molecule has 1 saturated heterocycles. The summed E-state index contributed by atoms with van der Waals surface area (Å²) in [7, 11) is 1.28. The molecule has 11 heteroatoms. The van der Waals surface area contributed by atoms with Crippen LogP contribution in [0.4, 0.5) is 13.2 Å². The summed E-state index contributed by atoms with van der Waals surface area (Å²) in [6, 6.07) is 14.2. The topological polar surface area (TPSA) is 45.7 Å². The van der Waals surface area contributed by atoms with Gasteiger partial charge in [-0.1, -0.05) is 29.8 Å². The van der Waals surface area contributed by atoms with Crippen molar-refractivity contribution in [2.24, 2.45) is 0 Å². The minimum absolute atomic E-state index is 0. The van der Waals surface area contributed by atoms with Gasteiger partial charge in [0, 0.05) is 55.2 Å². The van der Waals surface area contributed by atoms with Gasteiger partial charge in [-0.3, -0.25) is 14.7 Å². The van der Waals surface area contributed by atoms with Crippen molar-refractivity contribution in [3.63, 3.8) is 0 Å². The van der Waals surface area contributed by atoms with Crippen LogP contribution >= 0.6 is 36.4 Å². The highest BCUT2D eigenvalue weighted by atomic mass is 35.5. The summed E-state index contributed by atoms with van der Waals surface area (Å²) in [6.45, 7) is 2.22. The summed E-state index contributed by atoms with van der Waals surface area (Å²) >= 11 is 6.02. The molecule has 1 aromatic heterocycles. The molecule has 3 aromatic rings. The summed E-state index contributed by atoms with van der Waals surface area (Å²) in [5.41, 5.74) is 1.09. The fraction of sp³-hybridized carbons (Fsp3) is 0.308. The Hall–Kier alpha value is -2.52. The van der Waals surface area contributed by atoms with Gasteiger partial charge in [0.2, 0.25) is 0 Å². The Morgan fingerprint density at radius 1 is 1.08 bits per heavy atom. The third-order valence-corrected chi connectivity index (χ3v) is 6.31. The summed E-state index contributed by atoms with van der Waals surface area (Å²) in [5, 5.41) is 0.611. The third-order valence-electron chi connectivity index (χ3n) is 6.06. The molecule has 1 fully saturated rings. The molecule has 1 aliphatic rings. The summed E-state index contributed by atoms with van der Waals surface area (Å²) in [6.07, 6.45) is -0.523. The largest absolute Gasteiger partial charge is 0.497 e. The van der Waals surface area contributed by atoms with E-state index in [4.69, 9.17) is 16.3 Å². The fourth-order valence-corrected chi connectivity index (χ4v) is 4.44. The SMILES string of the molecule is COc1cc(C(=O)N2CCN(Cc3cccnc3)C[C@H]2Cc2ccc(Cl)cc2)cc(C(F)(F)F)c1.Cl.Cl. The van der Waals surface area contributed by atoms with Gasteiger partial charge in [-0.15, -0.1) is 24.8 Å². The van der Waals surface area contributed by atoms with Crippen molar-refractivity contribution in [3.8, 4) is 5.75 Å². The lowest BCUT2D eigenvalue weighted by atomic mass is 10.00. The number of ether oxygens (including phenoxy) is 1. The summed E-state index contributed by atoms with van der Waals surface area (Å²) in [4.78, 5) is 21.6. The number of aromatic nitrogens is 1. The zero-order chi connectivity index (χ0) is 25.0. The van der Waals surface area contributed by atoms with Crippen LogP contribution in [0.15, 0.2) is 67.0 Å². The van der Waals surface area contributed by atoms with Crippen molar-refractivity contribution < 1.29 is 22.7 Å². The molecule has 0 bridgehead atoms. The number of hydrogen-bond acceptors (Lipinski definition) is 4. The third kappa shape index (κ3) is 7.98. The van der Waals surface area contributed by atoms with Crippen molar-refractivity contribution in [1.82, 2.24) is 14.8 Å². The van der Waals surface area contributed by atoms with E-state index < -0.39 is 17.6 Å². The van der Waals surface area contributed by atoms with E-state index in [1.165, 1.54) is 13.2 Å². The lowest BCUT2D eigenvalue weighted by Crippen LogP contribution is -2.55.